The molecule has 1 N–H and O–H groups in total. The molecule has 1 heterocycles. The molecule has 1 fully saturated rings. The van der Waals surface area contributed by atoms with Crippen LogP contribution in [0.15, 0.2) is 0 Å². The van der Waals surface area contributed by atoms with Crippen molar-refractivity contribution >= 4 is 5.97 Å². The minimum Gasteiger partial charge on any atom is -0.468 e. The first kappa shape index (κ1) is 16.4. The summed E-state index contributed by atoms with van der Waals surface area (Å²) in [5, 5.41) is 3.36. The maximum absolute atomic E-state index is 12.0. The maximum Gasteiger partial charge on any atom is 0.325 e. The molecule has 0 spiro atoms. The third kappa shape index (κ3) is 5.49. The summed E-state index contributed by atoms with van der Waals surface area (Å²) in [5.41, 5.74) is -0.408. The van der Waals surface area contributed by atoms with Crippen molar-refractivity contribution in [2.75, 3.05) is 20.3 Å². The topological polar surface area (TPSA) is 47.6 Å². The molecule has 2 unspecified atom stereocenters. The largest absolute Gasteiger partial charge is 0.468 e. The fraction of sp³-hybridized carbons (Fsp3) is 0.933. The van der Waals surface area contributed by atoms with Crippen molar-refractivity contribution in [2.24, 2.45) is 5.41 Å². The van der Waals surface area contributed by atoms with Crippen molar-refractivity contribution < 1.29 is 14.3 Å². The number of carbonyl (C=O) groups excluding carboxylic acids is 1. The normalized spacial score (nSPS) is 23.1. The Bertz CT molecular complexity index is 292. The number of hydrogen-bond acceptors (Lipinski definition) is 4. The van der Waals surface area contributed by atoms with Crippen LogP contribution >= 0.6 is 0 Å². The fourth-order valence-corrected chi connectivity index (χ4v) is 2.26. The lowest BCUT2D eigenvalue weighted by atomic mass is 9.84. The highest BCUT2D eigenvalue weighted by Crippen LogP contribution is 2.26. The second-order valence-corrected chi connectivity index (χ2v) is 6.90. The second-order valence-electron chi connectivity index (χ2n) is 6.90. The summed E-state index contributed by atoms with van der Waals surface area (Å²) in [5.74, 6) is -0.185. The molecule has 4 heteroatoms. The zero-order chi connectivity index (χ0) is 14.5. The molecular formula is C15H29NO3. The smallest absolute Gasteiger partial charge is 0.325 e. The molecule has 2 atom stereocenters. The monoisotopic (exact) mass is 271 g/mol. The lowest BCUT2D eigenvalue weighted by molar-refractivity contribution is -0.148. The highest BCUT2D eigenvalue weighted by Gasteiger charge is 2.35. The predicted octanol–water partition coefficient (Wildman–Crippen LogP) is 2.51. The molecule has 112 valence electrons. The molecule has 0 bridgehead atoms. The van der Waals surface area contributed by atoms with Crippen molar-refractivity contribution in [3.63, 3.8) is 0 Å². The molecule has 0 aliphatic carbocycles. The first-order valence-electron chi connectivity index (χ1n) is 7.22. The Morgan fingerprint density at radius 2 is 2.00 bits per heavy atom. The van der Waals surface area contributed by atoms with E-state index in [1.807, 2.05) is 6.92 Å². The van der Waals surface area contributed by atoms with Crippen LogP contribution in [0.5, 0.6) is 0 Å². The van der Waals surface area contributed by atoms with Crippen LogP contribution in [-0.4, -0.2) is 37.9 Å². The van der Waals surface area contributed by atoms with E-state index in [1.54, 1.807) is 0 Å². The van der Waals surface area contributed by atoms with Crippen molar-refractivity contribution in [3.8, 4) is 0 Å². The van der Waals surface area contributed by atoms with Crippen LogP contribution in [0.3, 0.4) is 0 Å². The summed E-state index contributed by atoms with van der Waals surface area (Å²) in [6.07, 6.45) is 4.17. The van der Waals surface area contributed by atoms with Crippen molar-refractivity contribution in [1.29, 1.82) is 0 Å². The van der Waals surface area contributed by atoms with E-state index in [2.05, 4.69) is 26.1 Å². The summed E-state index contributed by atoms with van der Waals surface area (Å²) in [6, 6.07) is 0. The minimum absolute atomic E-state index is 0.185. The highest BCUT2D eigenvalue weighted by molar-refractivity contribution is 5.80. The van der Waals surface area contributed by atoms with E-state index in [0.29, 0.717) is 0 Å². The summed E-state index contributed by atoms with van der Waals surface area (Å²) < 4.78 is 10.5. The molecule has 4 nitrogen and oxygen atoms in total. The summed E-state index contributed by atoms with van der Waals surface area (Å²) in [4.78, 5) is 12.0. The average Bonchev–Trinajstić information content (AvgIpc) is 2.85. The molecule has 0 saturated carbocycles. The number of methoxy groups -OCH3 is 1. The molecule has 1 aliphatic heterocycles. The lowest BCUT2D eigenvalue weighted by Gasteiger charge is -2.32. The Kier molecular flexibility index (Phi) is 5.81. The average molecular weight is 271 g/mol. The summed E-state index contributed by atoms with van der Waals surface area (Å²) >= 11 is 0. The van der Waals surface area contributed by atoms with Crippen LogP contribution in [0.1, 0.15) is 53.4 Å². The first-order chi connectivity index (χ1) is 8.77. The van der Waals surface area contributed by atoms with Gasteiger partial charge in [-0.05, 0) is 38.0 Å². The Balaban J connectivity index is 2.55. The van der Waals surface area contributed by atoms with Crippen LogP contribution in [0.2, 0.25) is 0 Å². The molecule has 0 amide bonds. The quantitative estimate of drug-likeness (QED) is 0.754. The molecule has 1 aliphatic rings. The number of esters is 1. The Morgan fingerprint density at radius 3 is 2.47 bits per heavy atom. The molecular weight excluding hydrogens is 242 g/mol. The Hall–Kier alpha value is -0.610. The van der Waals surface area contributed by atoms with E-state index in [9.17, 15) is 4.79 Å². The van der Waals surface area contributed by atoms with Gasteiger partial charge in [0.15, 0.2) is 0 Å². The van der Waals surface area contributed by atoms with E-state index in [4.69, 9.17) is 9.47 Å². The number of ether oxygens (including phenoxy) is 2. The number of carbonyl (C=O) groups is 1. The maximum atomic E-state index is 12.0. The molecule has 0 aromatic rings. The predicted molar refractivity (Wildman–Crippen MR) is 76.1 cm³/mol. The van der Waals surface area contributed by atoms with Gasteiger partial charge in [-0.15, -0.1) is 0 Å². The van der Waals surface area contributed by atoms with Crippen LogP contribution in [0.4, 0.5) is 0 Å². The Morgan fingerprint density at radius 1 is 1.32 bits per heavy atom. The van der Waals surface area contributed by atoms with Crippen LogP contribution in [-0.2, 0) is 14.3 Å². The fourth-order valence-electron chi connectivity index (χ4n) is 2.26. The van der Waals surface area contributed by atoms with Gasteiger partial charge in [0, 0.05) is 13.2 Å². The first-order valence-corrected chi connectivity index (χ1v) is 7.22. The Labute approximate surface area is 117 Å². The minimum atomic E-state index is -0.617. The zero-order valence-corrected chi connectivity index (χ0v) is 13.0. The third-order valence-electron chi connectivity index (χ3n) is 3.75. The molecule has 0 aromatic carbocycles. The molecule has 1 saturated heterocycles. The highest BCUT2D eigenvalue weighted by atomic mass is 16.5. The van der Waals surface area contributed by atoms with Gasteiger partial charge >= 0.3 is 5.97 Å². The molecule has 1 rings (SSSR count). The van der Waals surface area contributed by atoms with Gasteiger partial charge in [-0.3, -0.25) is 10.1 Å². The van der Waals surface area contributed by atoms with Crippen LogP contribution in [0, 0.1) is 5.41 Å². The van der Waals surface area contributed by atoms with E-state index >= 15 is 0 Å². The van der Waals surface area contributed by atoms with E-state index in [1.165, 1.54) is 7.11 Å². The van der Waals surface area contributed by atoms with Gasteiger partial charge in [-0.1, -0.05) is 20.8 Å². The van der Waals surface area contributed by atoms with Crippen LogP contribution in [0.25, 0.3) is 0 Å². The zero-order valence-electron chi connectivity index (χ0n) is 13.0. The standard InChI is InChI=1S/C15H29NO3/c1-14(2,3)8-9-15(4,13(17)18-5)16-11-12-7-6-10-19-12/h12,16H,6-11H2,1-5H3. The van der Waals surface area contributed by atoms with E-state index in [0.717, 1.165) is 38.8 Å². The second kappa shape index (κ2) is 6.71. The van der Waals surface area contributed by atoms with Gasteiger partial charge in [0.05, 0.1) is 13.2 Å². The van der Waals surface area contributed by atoms with Gasteiger partial charge in [-0.25, -0.2) is 0 Å². The summed E-state index contributed by atoms with van der Waals surface area (Å²) in [7, 11) is 1.45. The van der Waals surface area contributed by atoms with Crippen molar-refractivity contribution in [1.82, 2.24) is 5.32 Å². The van der Waals surface area contributed by atoms with Gasteiger partial charge < -0.3 is 9.47 Å². The summed E-state index contributed by atoms with van der Waals surface area (Å²) in [6.45, 7) is 10.0. The van der Waals surface area contributed by atoms with Gasteiger partial charge in [0.2, 0.25) is 0 Å². The van der Waals surface area contributed by atoms with Gasteiger partial charge in [0.25, 0.3) is 0 Å². The van der Waals surface area contributed by atoms with Gasteiger partial charge in [0.1, 0.15) is 5.54 Å². The number of rotatable bonds is 6. The molecule has 19 heavy (non-hydrogen) atoms. The lowest BCUT2D eigenvalue weighted by Crippen LogP contribution is -2.52. The molecule has 0 radical (unpaired) electrons. The van der Waals surface area contributed by atoms with E-state index < -0.39 is 5.54 Å². The molecule has 0 aromatic heterocycles. The SMILES string of the molecule is COC(=O)C(C)(CCC(C)(C)C)NCC1CCCO1. The number of nitrogens with one attached hydrogen (secondary N) is 1. The van der Waals surface area contributed by atoms with Gasteiger partial charge in [-0.2, -0.15) is 0 Å². The van der Waals surface area contributed by atoms with E-state index in [-0.39, 0.29) is 17.5 Å². The van der Waals surface area contributed by atoms with Crippen LogP contribution < -0.4 is 5.32 Å². The number of hydrogen-bond donors (Lipinski definition) is 1. The van der Waals surface area contributed by atoms with Crippen molar-refractivity contribution in [2.45, 2.75) is 65.0 Å². The third-order valence-corrected chi connectivity index (χ3v) is 3.75. The van der Waals surface area contributed by atoms with Crippen molar-refractivity contribution in [3.05, 3.63) is 0 Å².